The maximum absolute atomic E-state index is 5.73. The third kappa shape index (κ3) is 3.64. The maximum atomic E-state index is 5.73. The van der Waals surface area contributed by atoms with Crippen LogP contribution in [0.2, 0.25) is 0 Å². The molecule has 0 aliphatic heterocycles. The molecule has 1 aromatic heterocycles. The number of hydrogen-bond donors (Lipinski definition) is 1. The summed E-state index contributed by atoms with van der Waals surface area (Å²) in [6.45, 7) is 2.75. The van der Waals surface area contributed by atoms with Gasteiger partial charge < -0.3 is 10.5 Å². The highest BCUT2D eigenvalue weighted by Gasteiger charge is 2.05. The molecule has 0 amide bonds. The van der Waals surface area contributed by atoms with Gasteiger partial charge in [-0.3, -0.25) is 4.57 Å². The molecule has 1 heterocycles. The number of aryl methyl sites for hydroxylation is 1. The number of para-hydroxylation sites is 1. The van der Waals surface area contributed by atoms with Gasteiger partial charge in [-0.1, -0.05) is 30.0 Å². The van der Waals surface area contributed by atoms with Gasteiger partial charge in [0, 0.05) is 12.8 Å². The lowest BCUT2D eigenvalue weighted by Crippen LogP contribution is -2.01. The largest absolute Gasteiger partial charge is 0.493 e. The van der Waals surface area contributed by atoms with E-state index in [4.69, 9.17) is 10.5 Å². The third-order valence-electron chi connectivity index (χ3n) is 2.74. The molecule has 0 spiro atoms. The topological polar surface area (TPSA) is 66.0 Å². The van der Waals surface area contributed by atoms with Gasteiger partial charge in [0.25, 0.3) is 0 Å². The average molecular weight is 278 g/mol. The van der Waals surface area contributed by atoms with E-state index in [9.17, 15) is 0 Å². The summed E-state index contributed by atoms with van der Waals surface area (Å²) in [4.78, 5) is 0. The lowest BCUT2D eigenvalue weighted by Gasteiger charge is -2.08. The second-order valence-electron chi connectivity index (χ2n) is 4.22. The standard InChI is InChI=1S/C13H18N4OS/c1-10-6-3-4-7-11(10)18-8-5-9-19-13-16-15-12(14)17(13)2/h3-4,6-7H,5,8-9H2,1-2H3,(H2,14,15). The highest BCUT2D eigenvalue weighted by atomic mass is 32.2. The molecule has 2 rings (SSSR count). The summed E-state index contributed by atoms with van der Waals surface area (Å²) < 4.78 is 7.51. The number of nitrogen functional groups attached to an aromatic ring is 1. The predicted octanol–water partition coefficient (Wildman–Crippen LogP) is 2.27. The molecule has 2 aromatic rings. The van der Waals surface area contributed by atoms with E-state index in [1.807, 2.05) is 38.2 Å². The number of aromatic nitrogens is 3. The van der Waals surface area contributed by atoms with Gasteiger partial charge in [-0.05, 0) is 25.0 Å². The molecule has 0 bridgehead atoms. The van der Waals surface area contributed by atoms with Crippen LogP contribution < -0.4 is 10.5 Å². The lowest BCUT2D eigenvalue weighted by molar-refractivity contribution is 0.316. The number of ether oxygens (including phenoxy) is 1. The number of benzene rings is 1. The first kappa shape index (κ1) is 13.7. The van der Waals surface area contributed by atoms with Crippen molar-refractivity contribution >= 4 is 17.7 Å². The molecule has 6 heteroatoms. The molecule has 102 valence electrons. The predicted molar refractivity (Wildman–Crippen MR) is 77.4 cm³/mol. The number of anilines is 1. The first-order valence-corrected chi connectivity index (χ1v) is 7.13. The average Bonchev–Trinajstić information content (AvgIpc) is 2.72. The first-order valence-electron chi connectivity index (χ1n) is 6.14. The van der Waals surface area contributed by atoms with E-state index < -0.39 is 0 Å². The molecule has 0 aliphatic carbocycles. The van der Waals surface area contributed by atoms with Crippen molar-refractivity contribution in [3.05, 3.63) is 29.8 Å². The number of hydrogen-bond acceptors (Lipinski definition) is 5. The molecule has 5 nitrogen and oxygen atoms in total. The van der Waals surface area contributed by atoms with Crippen LogP contribution >= 0.6 is 11.8 Å². The normalized spacial score (nSPS) is 10.6. The quantitative estimate of drug-likeness (QED) is 0.648. The van der Waals surface area contributed by atoms with Crippen molar-refractivity contribution in [3.63, 3.8) is 0 Å². The van der Waals surface area contributed by atoms with Gasteiger partial charge in [0.2, 0.25) is 5.95 Å². The van der Waals surface area contributed by atoms with Crippen molar-refractivity contribution in [2.24, 2.45) is 7.05 Å². The molecule has 0 radical (unpaired) electrons. The fraction of sp³-hybridized carbons (Fsp3) is 0.385. The van der Waals surface area contributed by atoms with Gasteiger partial charge in [-0.2, -0.15) is 0 Å². The van der Waals surface area contributed by atoms with Gasteiger partial charge in [0.15, 0.2) is 5.16 Å². The number of nitrogens with two attached hydrogens (primary N) is 1. The Balaban J connectivity index is 1.70. The van der Waals surface area contributed by atoms with Crippen molar-refractivity contribution in [2.75, 3.05) is 18.1 Å². The molecular formula is C13H18N4OS. The second-order valence-corrected chi connectivity index (χ2v) is 5.28. The molecule has 0 atom stereocenters. The smallest absolute Gasteiger partial charge is 0.222 e. The van der Waals surface area contributed by atoms with Crippen molar-refractivity contribution in [3.8, 4) is 5.75 Å². The minimum absolute atomic E-state index is 0.443. The fourth-order valence-electron chi connectivity index (χ4n) is 1.57. The van der Waals surface area contributed by atoms with E-state index in [0.29, 0.717) is 12.6 Å². The summed E-state index contributed by atoms with van der Waals surface area (Å²) in [5.41, 5.74) is 6.78. The molecule has 0 aliphatic rings. The number of thioether (sulfide) groups is 1. The SMILES string of the molecule is Cc1ccccc1OCCCSc1nnc(N)n1C. The molecule has 0 saturated heterocycles. The Hall–Kier alpha value is -1.69. The second kappa shape index (κ2) is 6.47. The monoisotopic (exact) mass is 278 g/mol. The Kier molecular flexibility index (Phi) is 4.68. The van der Waals surface area contributed by atoms with E-state index in [2.05, 4.69) is 10.2 Å². The summed E-state index contributed by atoms with van der Waals surface area (Å²) in [5.74, 6) is 2.33. The van der Waals surface area contributed by atoms with Crippen LogP contribution in [0.5, 0.6) is 5.75 Å². The van der Waals surface area contributed by atoms with E-state index in [1.54, 1.807) is 16.3 Å². The van der Waals surface area contributed by atoms with Crippen LogP contribution in [0.15, 0.2) is 29.4 Å². The Morgan fingerprint density at radius 1 is 1.32 bits per heavy atom. The van der Waals surface area contributed by atoms with E-state index in [0.717, 1.165) is 28.6 Å². The van der Waals surface area contributed by atoms with Crippen LogP contribution in [0.3, 0.4) is 0 Å². The molecular weight excluding hydrogens is 260 g/mol. The Labute approximate surface area is 117 Å². The van der Waals surface area contributed by atoms with Crippen molar-refractivity contribution in [2.45, 2.75) is 18.5 Å². The van der Waals surface area contributed by atoms with Gasteiger partial charge in [-0.25, -0.2) is 0 Å². The van der Waals surface area contributed by atoms with Crippen molar-refractivity contribution < 1.29 is 4.74 Å². The van der Waals surface area contributed by atoms with Crippen LogP contribution in [0.1, 0.15) is 12.0 Å². The molecule has 0 saturated carbocycles. The van der Waals surface area contributed by atoms with Crippen molar-refractivity contribution in [1.82, 2.24) is 14.8 Å². The lowest BCUT2D eigenvalue weighted by atomic mass is 10.2. The first-order chi connectivity index (χ1) is 9.18. The van der Waals surface area contributed by atoms with Crippen LogP contribution in [-0.2, 0) is 7.05 Å². The van der Waals surface area contributed by atoms with E-state index in [1.165, 1.54) is 0 Å². The van der Waals surface area contributed by atoms with Gasteiger partial charge in [-0.15, -0.1) is 10.2 Å². The highest BCUT2D eigenvalue weighted by Crippen LogP contribution is 2.19. The minimum atomic E-state index is 0.443. The van der Waals surface area contributed by atoms with Gasteiger partial charge in [0.1, 0.15) is 5.75 Å². The van der Waals surface area contributed by atoms with E-state index in [-0.39, 0.29) is 0 Å². The minimum Gasteiger partial charge on any atom is -0.493 e. The van der Waals surface area contributed by atoms with Crippen LogP contribution in [-0.4, -0.2) is 27.1 Å². The zero-order valence-corrected chi connectivity index (χ0v) is 12.0. The van der Waals surface area contributed by atoms with Crippen LogP contribution in [0, 0.1) is 6.92 Å². The summed E-state index contributed by atoms with van der Waals surface area (Å²) >= 11 is 1.64. The zero-order valence-electron chi connectivity index (χ0n) is 11.2. The summed E-state index contributed by atoms with van der Waals surface area (Å²) in [7, 11) is 1.86. The fourth-order valence-corrected chi connectivity index (χ4v) is 2.41. The summed E-state index contributed by atoms with van der Waals surface area (Å²) in [6.07, 6.45) is 0.950. The van der Waals surface area contributed by atoms with Crippen molar-refractivity contribution in [1.29, 1.82) is 0 Å². The number of nitrogens with zero attached hydrogens (tertiary/aromatic N) is 3. The van der Waals surface area contributed by atoms with Gasteiger partial charge in [0.05, 0.1) is 6.61 Å². The van der Waals surface area contributed by atoms with Crippen LogP contribution in [0.25, 0.3) is 0 Å². The van der Waals surface area contributed by atoms with E-state index >= 15 is 0 Å². The zero-order chi connectivity index (χ0) is 13.7. The Morgan fingerprint density at radius 3 is 2.79 bits per heavy atom. The number of rotatable bonds is 6. The Bertz CT molecular complexity index is 541. The molecule has 0 unspecified atom stereocenters. The highest BCUT2D eigenvalue weighted by molar-refractivity contribution is 7.99. The van der Waals surface area contributed by atoms with Gasteiger partial charge >= 0.3 is 0 Å². The molecule has 2 N–H and O–H groups in total. The van der Waals surface area contributed by atoms with Crippen LogP contribution in [0.4, 0.5) is 5.95 Å². The molecule has 1 aromatic carbocycles. The molecule has 0 fully saturated rings. The maximum Gasteiger partial charge on any atom is 0.222 e. The Morgan fingerprint density at radius 2 is 2.11 bits per heavy atom. The third-order valence-corrected chi connectivity index (χ3v) is 3.85. The summed E-state index contributed by atoms with van der Waals surface area (Å²) in [5, 5.41) is 8.65. The molecule has 19 heavy (non-hydrogen) atoms. The summed E-state index contributed by atoms with van der Waals surface area (Å²) in [6, 6.07) is 8.04.